The van der Waals surface area contributed by atoms with Crippen LogP contribution in [0.1, 0.15) is 29.4 Å². The molecule has 1 aromatic heterocycles. The lowest BCUT2D eigenvalue weighted by atomic mass is 10.2. The van der Waals surface area contributed by atoms with E-state index in [2.05, 4.69) is 32.5 Å². The summed E-state index contributed by atoms with van der Waals surface area (Å²) in [5.41, 5.74) is 1.41. The normalized spacial score (nSPS) is 14.7. The van der Waals surface area contributed by atoms with Crippen LogP contribution in [-0.2, 0) is 6.54 Å². The summed E-state index contributed by atoms with van der Waals surface area (Å²) in [6.45, 7) is 8.52. The predicted molar refractivity (Wildman–Crippen MR) is 130 cm³/mol. The van der Waals surface area contributed by atoms with Crippen LogP contribution in [0.4, 0.5) is 0 Å². The van der Waals surface area contributed by atoms with Crippen LogP contribution in [0.2, 0.25) is 0 Å². The van der Waals surface area contributed by atoms with Gasteiger partial charge in [0.1, 0.15) is 12.0 Å². The first kappa shape index (κ1) is 24.9. The number of nitrogens with zero attached hydrogens (tertiary/aromatic N) is 4. The number of hydrogen-bond donors (Lipinski definition) is 3. The van der Waals surface area contributed by atoms with Gasteiger partial charge in [0.05, 0.1) is 5.69 Å². The lowest BCUT2D eigenvalue weighted by molar-refractivity contribution is 0.0953. The maximum Gasteiger partial charge on any atom is 0.251 e. The lowest BCUT2D eigenvalue weighted by Gasteiger charge is -2.36. The van der Waals surface area contributed by atoms with Gasteiger partial charge < -0.3 is 25.2 Å². The van der Waals surface area contributed by atoms with Crippen LogP contribution in [0.3, 0.4) is 0 Å². The number of phenolic OH excluding ortho intramolecular Hbond substituents is 1. The van der Waals surface area contributed by atoms with E-state index in [1.54, 1.807) is 24.5 Å². The van der Waals surface area contributed by atoms with Crippen LogP contribution in [0, 0.1) is 0 Å². The molecule has 10 heteroatoms. The summed E-state index contributed by atoms with van der Waals surface area (Å²) in [7, 11) is 0. The Bertz CT molecular complexity index is 822. The highest BCUT2D eigenvalue weighted by Crippen LogP contribution is 2.10. The standard InChI is InChI=1S/C21H30N6O3.HI/c1-2-22-21(27-12-10-26(11-13-27)16-18-7-14-30-25-18)24-9-4-8-23-20(29)17-5-3-6-19(28)15-17;/h3,5-7,14-15,28H,2,4,8-13,16H2,1H3,(H,22,24)(H,23,29);1H. The number of carbonyl (C=O) groups is 1. The van der Waals surface area contributed by atoms with E-state index in [4.69, 9.17) is 9.52 Å². The molecule has 0 aliphatic carbocycles. The first-order valence-electron chi connectivity index (χ1n) is 10.4. The monoisotopic (exact) mass is 542 g/mol. The Balaban J connectivity index is 0.00000341. The Labute approximate surface area is 199 Å². The smallest absolute Gasteiger partial charge is 0.251 e. The summed E-state index contributed by atoms with van der Waals surface area (Å²) >= 11 is 0. The Morgan fingerprint density at radius 2 is 2.03 bits per heavy atom. The van der Waals surface area contributed by atoms with Gasteiger partial charge in [0.15, 0.2) is 5.96 Å². The van der Waals surface area contributed by atoms with Crippen molar-refractivity contribution < 1.29 is 14.4 Å². The number of aromatic nitrogens is 1. The SMILES string of the molecule is CCNC(=NCCCNC(=O)c1cccc(O)c1)N1CCN(Cc2ccon2)CC1.I. The molecule has 2 heterocycles. The molecular formula is C21H31IN6O3. The molecule has 0 unspecified atom stereocenters. The Hall–Kier alpha value is -2.34. The van der Waals surface area contributed by atoms with Crippen LogP contribution < -0.4 is 10.6 Å². The molecule has 3 N–H and O–H groups in total. The quantitative estimate of drug-likeness (QED) is 0.203. The minimum Gasteiger partial charge on any atom is -0.508 e. The second kappa shape index (κ2) is 13.2. The van der Waals surface area contributed by atoms with Crippen molar-refractivity contribution in [2.45, 2.75) is 19.9 Å². The molecular weight excluding hydrogens is 511 g/mol. The van der Waals surface area contributed by atoms with Crippen molar-refractivity contribution in [1.29, 1.82) is 0 Å². The second-order valence-electron chi connectivity index (χ2n) is 7.15. The summed E-state index contributed by atoms with van der Waals surface area (Å²) in [5.74, 6) is 0.812. The lowest BCUT2D eigenvalue weighted by Crippen LogP contribution is -2.52. The van der Waals surface area contributed by atoms with E-state index >= 15 is 0 Å². The third-order valence-electron chi connectivity index (χ3n) is 4.87. The summed E-state index contributed by atoms with van der Waals surface area (Å²) < 4.78 is 4.90. The predicted octanol–water partition coefficient (Wildman–Crippen LogP) is 1.90. The van der Waals surface area contributed by atoms with Gasteiger partial charge in [-0.05, 0) is 31.5 Å². The highest BCUT2D eigenvalue weighted by atomic mass is 127. The van der Waals surface area contributed by atoms with Gasteiger partial charge in [0, 0.05) is 64.0 Å². The number of hydrogen-bond acceptors (Lipinski definition) is 6. The van der Waals surface area contributed by atoms with Crippen molar-refractivity contribution in [3.05, 3.63) is 47.9 Å². The fourth-order valence-corrected chi connectivity index (χ4v) is 3.31. The Morgan fingerprint density at radius 3 is 2.71 bits per heavy atom. The molecule has 1 aliphatic rings. The van der Waals surface area contributed by atoms with Crippen molar-refractivity contribution in [2.75, 3.05) is 45.8 Å². The van der Waals surface area contributed by atoms with E-state index in [-0.39, 0.29) is 35.6 Å². The van der Waals surface area contributed by atoms with E-state index in [1.807, 2.05) is 6.07 Å². The van der Waals surface area contributed by atoms with Gasteiger partial charge in [-0.2, -0.15) is 0 Å². The number of benzene rings is 1. The van der Waals surface area contributed by atoms with Crippen LogP contribution in [0.5, 0.6) is 5.75 Å². The largest absolute Gasteiger partial charge is 0.508 e. The fourth-order valence-electron chi connectivity index (χ4n) is 3.31. The molecule has 1 aliphatic heterocycles. The number of amides is 1. The molecule has 1 amide bonds. The third-order valence-corrected chi connectivity index (χ3v) is 4.87. The fraction of sp³-hybridized carbons (Fsp3) is 0.476. The first-order valence-corrected chi connectivity index (χ1v) is 10.4. The zero-order valence-corrected chi connectivity index (χ0v) is 20.1. The van der Waals surface area contributed by atoms with Crippen molar-refractivity contribution in [3.63, 3.8) is 0 Å². The third kappa shape index (κ3) is 8.02. The van der Waals surface area contributed by atoms with Crippen LogP contribution in [0.15, 0.2) is 46.1 Å². The molecule has 0 atom stereocenters. The summed E-state index contributed by atoms with van der Waals surface area (Å²) in [5, 5.41) is 19.7. The van der Waals surface area contributed by atoms with Crippen LogP contribution >= 0.6 is 24.0 Å². The van der Waals surface area contributed by atoms with Gasteiger partial charge in [-0.25, -0.2) is 0 Å². The number of rotatable bonds is 8. The first-order chi connectivity index (χ1) is 14.7. The Morgan fingerprint density at radius 1 is 1.23 bits per heavy atom. The number of piperazine rings is 1. The molecule has 170 valence electrons. The zero-order valence-electron chi connectivity index (χ0n) is 17.8. The number of carbonyl (C=O) groups excluding carboxylic acids is 1. The number of nitrogens with one attached hydrogen (secondary N) is 2. The minimum absolute atomic E-state index is 0. The number of phenols is 1. The van der Waals surface area contributed by atoms with Gasteiger partial charge in [-0.3, -0.25) is 14.7 Å². The summed E-state index contributed by atoms with van der Waals surface area (Å²) in [6, 6.07) is 8.24. The molecule has 1 aromatic carbocycles. The highest BCUT2D eigenvalue weighted by Gasteiger charge is 2.20. The number of aromatic hydroxyl groups is 1. The molecule has 9 nitrogen and oxygen atoms in total. The topological polar surface area (TPSA) is 106 Å². The van der Waals surface area contributed by atoms with E-state index in [0.29, 0.717) is 18.7 Å². The van der Waals surface area contributed by atoms with E-state index < -0.39 is 0 Å². The molecule has 0 saturated carbocycles. The summed E-state index contributed by atoms with van der Waals surface area (Å²) in [4.78, 5) is 21.4. The molecule has 1 saturated heterocycles. The van der Waals surface area contributed by atoms with Gasteiger partial charge in [0.2, 0.25) is 0 Å². The van der Waals surface area contributed by atoms with Crippen molar-refractivity contribution >= 4 is 35.8 Å². The average molecular weight is 542 g/mol. The molecule has 0 spiro atoms. The molecule has 2 aromatic rings. The Kier molecular flexibility index (Phi) is 10.6. The molecule has 3 rings (SSSR count). The highest BCUT2D eigenvalue weighted by molar-refractivity contribution is 14.0. The van der Waals surface area contributed by atoms with Gasteiger partial charge in [-0.15, -0.1) is 24.0 Å². The molecule has 0 radical (unpaired) electrons. The van der Waals surface area contributed by atoms with Gasteiger partial charge in [-0.1, -0.05) is 11.2 Å². The van der Waals surface area contributed by atoms with Crippen LogP contribution in [-0.4, -0.2) is 77.7 Å². The minimum atomic E-state index is -0.190. The van der Waals surface area contributed by atoms with Crippen LogP contribution in [0.25, 0.3) is 0 Å². The van der Waals surface area contributed by atoms with E-state index in [1.165, 1.54) is 6.07 Å². The summed E-state index contributed by atoms with van der Waals surface area (Å²) in [6.07, 6.45) is 2.35. The maximum absolute atomic E-state index is 12.1. The number of aliphatic imine (C=N–C) groups is 1. The number of halogens is 1. The van der Waals surface area contributed by atoms with Crippen molar-refractivity contribution in [1.82, 2.24) is 25.6 Å². The van der Waals surface area contributed by atoms with E-state index in [0.717, 1.165) is 57.3 Å². The van der Waals surface area contributed by atoms with Gasteiger partial charge >= 0.3 is 0 Å². The maximum atomic E-state index is 12.1. The van der Waals surface area contributed by atoms with Crippen molar-refractivity contribution in [3.8, 4) is 5.75 Å². The van der Waals surface area contributed by atoms with Crippen molar-refractivity contribution in [2.24, 2.45) is 4.99 Å². The number of guanidine groups is 1. The second-order valence-corrected chi connectivity index (χ2v) is 7.15. The zero-order chi connectivity index (χ0) is 21.2. The molecule has 1 fully saturated rings. The molecule has 31 heavy (non-hydrogen) atoms. The molecule has 0 bridgehead atoms. The van der Waals surface area contributed by atoms with Gasteiger partial charge in [0.25, 0.3) is 5.91 Å². The van der Waals surface area contributed by atoms with E-state index in [9.17, 15) is 9.90 Å². The average Bonchev–Trinajstić information content (AvgIpc) is 3.26.